The third-order valence-electron chi connectivity index (χ3n) is 4.24. The Kier molecular flexibility index (Phi) is 3.67. The number of hydrogen-bond acceptors (Lipinski definition) is 0. The molecule has 0 atom stereocenters. The van der Waals surface area contributed by atoms with Crippen LogP contribution in [0.5, 0.6) is 0 Å². The molecule has 0 bridgehead atoms. The molecular formula is C17H15Br3. The molecule has 20 heavy (non-hydrogen) atoms. The SMILES string of the molecule is CCc1ccc2c(c1)C(C)(C)c1c-2cc(Br)c(Br)c1Br. The minimum absolute atomic E-state index is 0.0257. The first-order valence-electron chi connectivity index (χ1n) is 6.69. The van der Waals surface area contributed by atoms with E-state index in [9.17, 15) is 0 Å². The van der Waals surface area contributed by atoms with Crippen LogP contribution in [0.1, 0.15) is 37.5 Å². The summed E-state index contributed by atoms with van der Waals surface area (Å²) >= 11 is 11.1. The monoisotopic (exact) mass is 456 g/mol. The Morgan fingerprint density at radius 1 is 0.950 bits per heavy atom. The van der Waals surface area contributed by atoms with Gasteiger partial charge in [-0.1, -0.05) is 39.0 Å². The quantitative estimate of drug-likeness (QED) is 0.410. The van der Waals surface area contributed by atoms with Crippen molar-refractivity contribution < 1.29 is 0 Å². The van der Waals surface area contributed by atoms with Gasteiger partial charge in [-0.15, -0.1) is 0 Å². The molecule has 104 valence electrons. The van der Waals surface area contributed by atoms with Crippen LogP contribution in [0.3, 0.4) is 0 Å². The topological polar surface area (TPSA) is 0 Å². The first-order valence-corrected chi connectivity index (χ1v) is 9.07. The van der Waals surface area contributed by atoms with Crippen molar-refractivity contribution in [3.05, 3.63) is 54.4 Å². The largest absolute Gasteiger partial charge is 0.0613 e. The molecule has 0 fully saturated rings. The van der Waals surface area contributed by atoms with E-state index in [2.05, 4.69) is 92.8 Å². The summed E-state index contributed by atoms with van der Waals surface area (Å²) in [6.45, 7) is 6.82. The third-order valence-corrected chi connectivity index (χ3v) is 7.55. The lowest BCUT2D eigenvalue weighted by Crippen LogP contribution is -2.16. The standard InChI is InChI=1S/C17H15Br3/c1-4-9-5-6-10-11-8-13(18)15(19)16(20)14(11)17(2,3)12(10)7-9/h5-8H,4H2,1-3H3. The molecule has 2 aromatic rings. The molecule has 0 unspecified atom stereocenters. The van der Waals surface area contributed by atoms with Gasteiger partial charge in [0.05, 0.1) is 0 Å². The number of halogens is 3. The van der Waals surface area contributed by atoms with E-state index < -0.39 is 0 Å². The Balaban J connectivity index is 2.38. The summed E-state index contributed by atoms with van der Waals surface area (Å²) in [7, 11) is 0. The number of benzene rings is 2. The summed E-state index contributed by atoms with van der Waals surface area (Å²) in [4.78, 5) is 0. The van der Waals surface area contributed by atoms with Crippen LogP contribution in [-0.2, 0) is 11.8 Å². The predicted molar refractivity (Wildman–Crippen MR) is 96.5 cm³/mol. The Morgan fingerprint density at radius 2 is 1.65 bits per heavy atom. The van der Waals surface area contributed by atoms with Gasteiger partial charge in [0.2, 0.25) is 0 Å². The average molecular weight is 459 g/mol. The van der Waals surface area contributed by atoms with Crippen molar-refractivity contribution in [3.8, 4) is 11.1 Å². The molecule has 0 aliphatic heterocycles. The van der Waals surface area contributed by atoms with Gasteiger partial charge in [-0.05, 0) is 88.1 Å². The molecule has 2 aromatic carbocycles. The zero-order chi connectivity index (χ0) is 14.7. The van der Waals surface area contributed by atoms with Crippen molar-refractivity contribution in [2.45, 2.75) is 32.6 Å². The van der Waals surface area contributed by atoms with Crippen molar-refractivity contribution in [2.75, 3.05) is 0 Å². The molecule has 3 rings (SSSR count). The van der Waals surface area contributed by atoms with Gasteiger partial charge < -0.3 is 0 Å². The lowest BCUT2D eigenvalue weighted by atomic mass is 9.82. The summed E-state index contributed by atoms with van der Waals surface area (Å²) in [5.74, 6) is 0. The fourth-order valence-electron chi connectivity index (χ4n) is 3.12. The molecule has 0 heterocycles. The number of fused-ring (bicyclic) bond motifs is 3. The summed E-state index contributed by atoms with van der Waals surface area (Å²) in [5.41, 5.74) is 6.91. The van der Waals surface area contributed by atoms with E-state index in [0.717, 1.165) is 19.8 Å². The molecule has 1 aliphatic rings. The molecule has 3 heteroatoms. The molecule has 0 amide bonds. The highest BCUT2D eigenvalue weighted by atomic mass is 79.9. The summed E-state index contributed by atoms with van der Waals surface area (Å²) in [6.07, 6.45) is 1.08. The highest BCUT2D eigenvalue weighted by Gasteiger charge is 2.38. The van der Waals surface area contributed by atoms with Gasteiger partial charge in [-0.25, -0.2) is 0 Å². The summed E-state index contributed by atoms with van der Waals surface area (Å²) in [6, 6.07) is 9.11. The van der Waals surface area contributed by atoms with Crippen LogP contribution in [0, 0.1) is 0 Å². The molecule has 0 aromatic heterocycles. The maximum Gasteiger partial charge on any atom is 0.0463 e. The van der Waals surface area contributed by atoms with Crippen LogP contribution in [0.2, 0.25) is 0 Å². The van der Waals surface area contributed by atoms with Gasteiger partial charge in [-0.3, -0.25) is 0 Å². The Labute approximate surface area is 145 Å². The Morgan fingerprint density at radius 3 is 2.30 bits per heavy atom. The fraction of sp³-hybridized carbons (Fsp3) is 0.294. The summed E-state index contributed by atoms with van der Waals surface area (Å²) < 4.78 is 3.33. The van der Waals surface area contributed by atoms with Crippen molar-refractivity contribution in [1.29, 1.82) is 0 Å². The molecule has 0 saturated heterocycles. The van der Waals surface area contributed by atoms with E-state index in [-0.39, 0.29) is 5.41 Å². The second kappa shape index (κ2) is 4.96. The third kappa shape index (κ3) is 1.97. The molecule has 0 radical (unpaired) electrons. The van der Waals surface area contributed by atoms with E-state index in [4.69, 9.17) is 0 Å². The maximum absolute atomic E-state index is 3.78. The molecule has 0 saturated carbocycles. The molecule has 0 spiro atoms. The number of aryl methyl sites for hydroxylation is 1. The second-order valence-corrected chi connectivity index (χ2v) is 8.21. The van der Waals surface area contributed by atoms with Crippen LogP contribution in [0.4, 0.5) is 0 Å². The number of rotatable bonds is 1. The molecular weight excluding hydrogens is 444 g/mol. The van der Waals surface area contributed by atoms with Crippen LogP contribution in [-0.4, -0.2) is 0 Å². The fourth-order valence-corrected chi connectivity index (χ4v) is 5.05. The van der Waals surface area contributed by atoms with Crippen molar-refractivity contribution >= 4 is 47.8 Å². The molecule has 0 nitrogen and oxygen atoms in total. The second-order valence-electron chi connectivity index (χ2n) is 5.77. The van der Waals surface area contributed by atoms with E-state index >= 15 is 0 Å². The highest BCUT2D eigenvalue weighted by Crippen LogP contribution is 2.54. The van der Waals surface area contributed by atoms with Gasteiger partial charge in [0.15, 0.2) is 0 Å². The van der Waals surface area contributed by atoms with Crippen molar-refractivity contribution in [2.24, 2.45) is 0 Å². The highest BCUT2D eigenvalue weighted by molar-refractivity contribution is 9.14. The zero-order valence-electron chi connectivity index (χ0n) is 11.7. The van der Waals surface area contributed by atoms with Crippen LogP contribution < -0.4 is 0 Å². The van der Waals surface area contributed by atoms with E-state index in [1.807, 2.05) is 0 Å². The van der Waals surface area contributed by atoms with Crippen LogP contribution in [0.25, 0.3) is 11.1 Å². The minimum Gasteiger partial charge on any atom is -0.0613 e. The lowest BCUT2D eigenvalue weighted by molar-refractivity contribution is 0.655. The molecule has 0 N–H and O–H groups in total. The number of hydrogen-bond donors (Lipinski definition) is 0. The zero-order valence-corrected chi connectivity index (χ0v) is 16.4. The molecule has 1 aliphatic carbocycles. The van der Waals surface area contributed by atoms with E-state index in [1.54, 1.807) is 0 Å². The minimum atomic E-state index is 0.0257. The van der Waals surface area contributed by atoms with Gasteiger partial charge >= 0.3 is 0 Å². The van der Waals surface area contributed by atoms with Crippen LogP contribution >= 0.6 is 47.8 Å². The van der Waals surface area contributed by atoms with Crippen molar-refractivity contribution in [1.82, 2.24) is 0 Å². The van der Waals surface area contributed by atoms with Crippen molar-refractivity contribution in [3.63, 3.8) is 0 Å². The van der Waals surface area contributed by atoms with Gasteiger partial charge in [-0.2, -0.15) is 0 Å². The van der Waals surface area contributed by atoms with Gasteiger partial charge in [0, 0.05) is 18.8 Å². The first kappa shape index (κ1) is 14.8. The Bertz CT molecular complexity index is 715. The maximum atomic E-state index is 3.78. The lowest BCUT2D eigenvalue weighted by Gasteiger charge is -2.23. The van der Waals surface area contributed by atoms with Gasteiger partial charge in [0.25, 0.3) is 0 Å². The smallest absolute Gasteiger partial charge is 0.0463 e. The van der Waals surface area contributed by atoms with Gasteiger partial charge in [0.1, 0.15) is 0 Å². The van der Waals surface area contributed by atoms with Crippen LogP contribution in [0.15, 0.2) is 37.7 Å². The van der Waals surface area contributed by atoms with E-state index in [1.165, 1.54) is 27.8 Å². The average Bonchev–Trinajstić information content (AvgIpc) is 2.64. The predicted octanol–water partition coefficient (Wildman–Crippen LogP) is 6.84. The first-order chi connectivity index (χ1) is 9.37. The normalized spacial score (nSPS) is 15.1. The van der Waals surface area contributed by atoms with E-state index in [0.29, 0.717) is 0 Å². The Hall–Kier alpha value is -0.120. The summed E-state index contributed by atoms with van der Waals surface area (Å²) in [5, 5.41) is 0.